The molecule has 18 heavy (non-hydrogen) atoms. The van der Waals surface area contributed by atoms with E-state index in [1.165, 1.54) is 21.0 Å². The van der Waals surface area contributed by atoms with E-state index >= 15 is 0 Å². The molecular weight excluding hydrogens is 262 g/mol. The van der Waals surface area contributed by atoms with Crippen LogP contribution in [-0.4, -0.2) is 35.9 Å². The van der Waals surface area contributed by atoms with E-state index in [9.17, 15) is 8.42 Å². The normalized spacial score (nSPS) is 11.5. The van der Waals surface area contributed by atoms with Gasteiger partial charge in [0.05, 0.1) is 7.11 Å². The molecule has 98 valence electrons. The molecule has 0 unspecified atom stereocenters. The van der Waals surface area contributed by atoms with Gasteiger partial charge >= 0.3 is 6.01 Å². The summed E-state index contributed by atoms with van der Waals surface area (Å²) in [5, 5.41) is 9.59. The van der Waals surface area contributed by atoms with E-state index in [4.69, 9.17) is 9.26 Å². The van der Waals surface area contributed by atoms with Gasteiger partial charge in [-0.3, -0.25) is 0 Å². The number of sulfonamides is 1. The lowest BCUT2D eigenvalue weighted by Gasteiger charge is -2.03. The maximum Gasteiger partial charge on any atom is 0.336 e. The van der Waals surface area contributed by atoms with Crippen molar-refractivity contribution in [3.63, 3.8) is 0 Å². The highest BCUT2D eigenvalue weighted by Gasteiger charge is 2.25. The van der Waals surface area contributed by atoms with Gasteiger partial charge in [0.1, 0.15) is 5.69 Å². The fourth-order valence-corrected chi connectivity index (χ4v) is 2.71. The summed E-state index contributed by atoms with van der Waals surface area (Å²) in [6.45, 7) is 3.04. The summed E-state index contributed by atoms with van der Waals surface area (Å²) in [5.74, 6) is 0.151. The molecule has 0 saturated carbocycles. The lowest BCUT2D eigenvalue weighted by atomic mass is 10.4. The van der Waals surface area contributed by atoms with E-state index in [1.54, 1.807) is 0 Å². The standard InChI is InChI=1S/C8H11N5O4S/c1-4-6(5(2)17-12-4)18(14,15)13-7-9-8(16-3)11-10-7/h1-3H3,(H2,9,10,11,13). The largest absolute Gasteiger partial charge is 0.466 e. The second kappa shape index (κ2) is 4.29. The van der Waals surface area contributed by atoms with E-state index in [-0.39, 0.29) is 28.3 Å². The number of aromatic nitrogens is 4. The molecule has 2 aromatic rings. The molecule has 2 heterocycles. The Morgan fingerprint density at radius 1 is 1.39 bits per heavy atom. The molecule has 0 bridgehead atoms. The summed E-state index contributed by atoms with van der Waals surface area (Å²) < 4.78 is 35.9. The first-order chi connectivity index (χ1) is 8.44. The van der Waals surface area contributed by atoms with Crippen molar-refractivity contribution in [2.24, 2.45) is 0 Å². The van der Waals surface area contributed by atoms with Gasteiger partial charge in [-0.2, -0.15) is 4.98 Å². The number of aryl methyl sites for hydroxylation is 2. The fraction of sp³-hybridized carbons (Fsp3) is 0.375. The van der Waals surface area contributed by atoms with Gasteiger partial charge < -0.3 is 9.26 Å². The second-order valence-electron chi connectivity index (χ2n) is 3.43. The van der Waals surface area contributed by atoms with Crippen LogP contribution in [0, 0.1) is 13.8 Å². The monoisotopic (exact) mass is 273 g/mol. The molecule has 0 aromatic carbocycles. The minimum Gasteiger partial charge on any atom is -0.466 e. The maximum atomic E-state index is 12.1. The Hall–Kier alpha value is -2.10. The van der Waals surface area contributed by atoms with Crippen LogP contribution in [-0.2, 0) is 10.0 Å². The first kappa shape index (κ1) is 12.4. The zero-order chi connectivity index (χ0) is 13.3. The van der Waals surface area contributed by atoms with Gasteiger partial charge in [-0.25, -0.2) is 18.2 Å². The Morgan fingerprint density at radius 2 is 2.11 bits per heavy atom. The fourth-order valence-electron chi connectivity index (χ4n) is 1.42. The third-order valence-electron chi connectivity index (χ3n) is 2.12. The average molecular weight is 273 g/mol. The number of anilines is 1. The van der Waals surface area contributed by atoms with Gasteiger partial charge in [0.2, 0.25) is 5.95 Å². The molecule has 2 aromatic heterocycles. The number of ether oxygens (including phenoxy) is 1. The van der Waals surface area contributed by atoms with Crippen LogP contribution < -0.4 is 9.46 Å². The van der Waals surface area contributed by atoms with Crippen LogP contribution in [0.2, 0.25) is 0 Å². The molecule has 0 saturated heterocycles. The lowest BCUT2D eigenvalue weighted by Crippen LogP contribution is -2.15. The van der Waals surface area contributed by atoms with Crippen molar-refractivity contribution >= 4 is 16.0 Å². The Bertz CT molecular complexity index is 639. The minimum absolute atomic E-state index is 0.0159. The number of nitrogens with one attached hydrogen (secondary N) is 2. The van der Waals surface area contributed by atoms with Gasteiger partial charge in [-0.15, -0.1) is 5.10 Å². The summed E-state index contributed by atoms with van der Waals surface area (Å²) in [6.07, 6.45) is 0. The summed E-state index contributed by atoms with van der Waals surface area (Å²) in [5.41, 5.74) is 0.270. The summed E-state index contributed by atoms with van der Waals surface area (Å²) in [7, 11) is -2.45. The van der Waals surface area contributed by atoms with Gasteiger partial charge in [0, 0.05) is 0 Å². The van der Waals surface area contributed by atoms with Crippen molar-refractivity contribution in [1.82, 2.24) is 20.3 Å². The number of rotatable bonds is 4. The van der Waals surface area contributed by atoms with Crippen LogP contribution in [0.3, 0.4) is 0 Å². The number of nitrogens with zero attached hydrogens (tertiary/aromatic N) is 3. The van der Waals surface area contributed by atoms with Crippen LogP contribution in [0.25, 0.3) is 0 Å². The van der Waals surface area contributed by atoms with Crippen LogP contribution >= 0.6 is 0 Å². The molecule has 0 aliphatic carbocycles. The van der Waals surface area contributed by atoms with Crippen LogP contribution in [0.15, 0.2) is 9.42 Å². The third kappa shape index (κ3) is 2.14. The van der Waals surface area contributed by atoms with Crippen molar-refractivity contribution in [2.75, 3.05) is 11.8 Å². The molecule has 2 N–H and O–H groups in total. The molecule has 0 spiro atoms. The predicted molar refractivity (Wildman–Crippen MR) is 59.7 cm³/mol. The first-order valence-electron chi connectivity index (χ1n) is 4.86. The van der Waals surface area contributed by atoms with Crippen LogP contribution in [0.1, 0.15) is 11.5 Å². The van der Waals surface area contributed by atoms with Crippen molar-refractivity contribution in [3.05, 3.63) is 11.5 Å². The molecular formula is C8H11N5O4S. The van der Waals surface area contributed by atoms with E-state index in [0.717, 1.165) is 0 Å². The Morgan fingerprint density at radius 3 is 2.61 bits per heavy atom. The van der Waals surface area contributed by atoms with E-state index in [1.807, 2.05) is 0 Å². The maximum absolute atomic E-state index is 12.1. The predicted octanol–water partition coefficient (Wildman–Crippen LogP) is 0.219. The Labute approximate surface area is 103 Å². The molecule has 0 aliphatic rings. The SMILES string of the molecule is COc1n[nH]c(NS(=O)(=O)c2c(C)noc2C)n1. The number of H-pyrrole nitrogens is 1. The number of hydrogen-bond acceptors (Lipinski definition) is 7. The zero-order valence-electron chi connectivity index (χ0n) is 9.88. The molecule has 2 rings (SSSR count). The third-order valence-corrected chi connectivity index (χ3v) is 3.70. The smallest absolute Gasteiger partial charge is 0.336 e. The Kier molecular flexibility index (Phi) is 2.95. The molecule has 10 heteroatoms. The van der Waals surface area contributed by atoms with Crippen molar-refractivity contribution in [2.45, 2.75) is 18.7 Å². The van der Waals surface area contributed by atoms with Crippen LogP contribution in [0.4, 0.5) is 5.95 Å². The Balaban J connectivity index is 2.33. The van der Waals surface area contributed by atoms with Crippen LogP contribution in [0.5, 0.6) is 6.01 Å². The van der Waals surface area contributed by atoms with Gasteiger partial charge in [-0.05, 0) is 13.8 Å². The van der Waals surface area contributed by atoms with Gasteiger partial charge in [0.25, 0.3) is 10.0 Å². The highest BCUT2D eigenvalue weighted by Crippen LogP contribution is 2.21. The van der Waals surface area contributed by atoms with Crippen molar-refractivity contribution < 1.29 is 17.7 Å². The minimum atomic E-state index is -3.82. The topological polar surface area (TPSA) is 123 Å². The summed E-state index contributed by atoms with van der Waals surface area (Å²) in [6, 6.07) is 0.0338. The lowest BCUT2D eigenvalue weighted by molar-refractivity contribution is 0.382. The molecule has 0 aliphatic heterocycles. The highest BCUT2D eigenvalue weighted by atomic mass is 32.2. The van der Waals surface area contributed by atoms with Gasteiger partial charge in [-0.1, -0.05) is 5.16 Å². The highest BCUT2D eigenvalue weighted by molar-refractivity contribution is 7.92. The molecule has 0 amide bonds. The molecule has 9 nitrogen and oxygen atoms in total. The zero-order valence-corrected chi connectivity index (χ0v) is 10.7. The second-order valence-corrected chi connectivity index (χ2v) is 5.05. The number of methoxy groups -OCH3 is 1. The molecule has 0 atom stereocenters. The number of aromatic amines is 1. The van der Waals surface area contributed by atoms with Crippen molar-refractivity contribution in [3.8, 4) is 6.01 Å². The van der Waals surface area contributed by atoms with E-state index in [2.05, 4.69) is 25.1 Å². The molecule has 0 radical (unpaired) electrons. The summed E-state index contributed by atoms with van der Waals surface area (Å²) >= 11 is 0. The van der Waals surface area contributed by atoms with E-state index in [0.29, 0.717) is 0 Å². The first-order valence-corrected chi connectivity index (χ1v) is 6.34. The summed E-state index contributed by atoms with van der Waals surface area (Å²) in [4.78, 5) is 3.74. The average Bonchev–Trinajstić information content (AvgIpc) is 2.85. The number of hydrogen-bond donors (Lipinski definition) is 2. The van der Waals surface area contributed by atoms with Gasteiger partial charge in [0.15, 0.2) is 10.7 Å². The quantitative estimate of drug-likeness (QED) is 0.816. The molecule has 0 fully saturated rings. The van der Waals surface area contributed by atoms with E-state index < -0.39 is 10.0 Å². The van der Waals surface area contributed by atoms with Crippen molar-refractivity contribution in [1.29, 1.82) is 0 Å².